The number of H-pyrrole nitrogens is 1. The van der Waals surface area contributed by atoms with E-state index in [1.54, 1.807) is 19.3 Å². The number of hydrogen-bond acceptors (Lipinski definition) is 4. The van der Waals surface area contributed by atoms with Crippen molar-refractivity contribution >= 4 is 33.9 Å². The molecule has 0 aliphatic carbocycles. The highest BCUT2D eigenvalue weighted by Gasteiger charge is 2.11. The van der Waals surface area contributed by atoms with E-state index in [0.717, 1.165) is 39.0 Å². The summed E-state index contributed by atoms with van der Waals surface area (Å²) in [6.07, 6.45) is 2.89. The Morgan fingerprint density at radius 3 is 2.81 bits per heavy atom. The van der Waals surface area contributed by atoms with E-state index >= 15 is 0 Å². The van der Waals surface area contributed by atoms with Crippen LogP contribution in [0, 0.1) is 0 Å². The Balaban J connectivity index is 1.73. The average molecular weight is 365 g/mol. The van der Waals surface area contributed by atoms with Gasteiger partial charge in [0, 0.05) is 22.2 Å². The maximum atomic E-state index is 9.95. The smallest absolute Gasteiger partial charge is 0.136 e. The molecule has 2 aromatic carbocycles. The molecule has 0 saturated carbocycles. The van der Waals surface area contributed by atoms with Gasteiger partial charge in [0.25, 0.3) is 0 Å². The molecule has 1 unspecified atom stereocenters. The third-order valence-electron chi connectivity index (χ3n) is 4.28. The molecule has 5 nitrogen and oxygen atoms in total. The number of rotatable bonds is 4. The van der Waals surface area contributed by atoms with Crippen LogP contribution in [-0.4, -0.2) is 20.3 Å². The molecule has 4 rings (SSSR count). The van der Waals surface area contributed by atoms with Gasteiger partial charge in [-0.3, -0.25) is 5.10 Å². The Morgan fingerprint density at radius 1 is 1.12 bits per heavy atom. The number of aliphatic hydroxyl groups excluding tert-OH is 1. The molecule has 0 radical (unpaired) electrons. The van der Waals surface area contributed by atoms with Gasteiger partial charge in [0.2, 0.25) is 0 Å². The number of aliphatic hydroxyl groups is 1. The minimum atomic E-state index is -0.568. The van der Waals surface area contributed by atoms with Gasteiger partial charge in [-0.1, -0.05) is 35.9 Å². The maximum absolute atomic E-state index is 9.95. The van der Waals surface area contributed by atoms with Crippen molar-refractivity contribution in [3.05, 3.63) is 71.6 Å². The Bertz CT molecular complexity index is 1070. The fourth-order valence-electron chi connectivity index (χ4n) is 2.96. The number of para-hydroxylation sites is 1. The molecular weight excluding hydrogens is 348 g/mol. The number of benzene rings is 2. The number of halogens is 1. The molecule has 0 spiro atoms. The zero-order valence-electron chi connectivity index (χ0n) is 14.1. The van der Waals surface area contributed by atoms with Crippen molar-refractivity contribution in [3.8, 4) is 11.1 Å². The van der Waals surface area contributed by atoms with E-state index in [9.17, 15) is 5.11 Å². The van der Waals surface area contributed by atoms with Crippen molar-refractivity contribution in [2.45, 2.75) is 13.0 Å². The van der Waals surface area contributed by atoms with Crippen LogP contribution in [0.4, 0.5) is 11.4 Å². The number of hydrogen-bond donors (Lipinski definition) is 3. The third-order valence-corrected chi connectivity index (χ3v) is 4.58. The lowest BCUT2D eigenvalue weighted by molar-refractivity contribution is 0.200. The summed E-state index contributed by atoms with van der Waals surface area (Å²) in [5.41, 5.74) is 5.22. The Kier molecular flexibility index (Phi) is 4.32. The molecule has 0 bridgehead atoms. The summed E-state index contributed by atoms with van der Waals surface area (Å²) in [6.45, 7) is 1.74. The number of fused-ring (bicyclic) bond motifs is 1. The van der Waals surface area contributed by atoms with Crippen molar-refractivity contribution in [2.24, 2.45) is 0 Å². The van der Waals surface area contributed by atoms with Gasteiger partial charge in [0.1, 0.15) is 5.15 Å². The van der Waals surface area contributed by atoms with E-state index in [-0.39, 0.29) is 0 Å². The van der Waals surface area contributed by atoms with Crippen LogP contribution >= 0.6 is 11.6 Å². The standard InChI is InChI=1S/C20H17ClN4O/c1-12(26)16-4-2-3-5-19(16)24-15-9-17(20(21)22-11-15)13-6-7-18-14(8-13)10-23-25-18/h2-12,24,26H,1H3,(H,23,25). The molecule has 2 aromatic heterocycles. The van der Waals surface area contributed by atoms with Crippen molar-refractivity contribution in [3.63, 3.8) is 0 Å². The van der Waals surface area contributed by atoms with Gasteiger partial charge in [0.05, 0.1) is 29.7 Å². The SMILES string of the molecule is CC(O)c1ccccc1Nc1cnc(Cl)c(-c2ccc3[nH]ncc3c2)c1. The molecular formula is C20H17ClN4O. The number of pyridine rings is 1. The lowest BCUT2D eigenvalue weighted by atomic mass is 10.0. The molecule has 0 aliphatic heterocycles. The first-order chi connectivity index (χ1) is 12.6. The van der Waals surface area contributed by atoms with E-state index in [4.69, 9.17) is 11.6 Å². The van der Waals surface area contributed by atoms with E-state index in [1.807, 2.05) is 48.5 Å². The van der Waals surface area contributed by atoms with Gasteiger partial charge in [-0.25, -0.2) is 4.98 Å². The van der Waals surface area contributed by atoms with Crippen LogP contribution in [0.1, 0.15) is 18.6 Å². The number of anilines is 2. The monoisotopic (exact) mass is 364 g/mol. The summed E-state index contributed by atoms with van der Waals surface area (Å²) in [7, 11) is 0. The fourth-order valence-corrected chi connectivity index (χ4v) is 3.17. The predicted molar refractivity (Wildman–Crippen MR) is 105 cm³/mol. The zero-order valence-corrected chi connectivity index (χ0v) is 14.8. The second kappa shape index (κ2) is 6.78. The highest BCUT2D eigenvalue weighted by Crippen LogP contribution is 2.32. The quantitative estimate of drug-likeness (QED) is 0.442. The van der Waals surface area contributed by atoms with Gasteiger partial charge < -0.3 is 10.4 Å². The third kappa shape index (κ3) is 3.14. The van der Waals surface area contributed by atoms with Gasteiger partial charge >= 0.3 is 0 Å². The van der Waals surface area contributed by atoms with Crippen molar-refractivity contribution in [2.75, 3.05) is 5.32 Å². The molecule has 0 fully saturated rings. The summed E-state index contributed by atoms with van der Waals surface area (Å²) < 4.78 is 0. The molecule has 26 heavy (non-hydrogen) atoms. The first-order valence-electron chi connectivity index (χ1n) is 8.25. The van der Waals surface area contributed by atoms with Crippen molar-refractivity contribution in [1.29, 1.82) is 0 Å². The first kappa shape index (κ1) is 16.6. The molecule has 0 saturated heterocycles. The highest BCUT2D eigenvalue weighted by molar-refractivity contribution is 6.32. The van der Waals surface area contributed by atoms with E-state index in [2.05, 4.69) is 20.5 Å². The minimum Gasteiger partial charge on any atom is -0.389 e. The normalized spacial score (nSPS) is 12.3. The highest BCUT2D eigenvalue weighted by atomic mass is 35.5. The van der Waals surface area contributed by atoms with Crippen LogP contribution in [-0.2, 0) is 0 Å². The van der Waals surface area contributed by atoms with E-state index in [0.29, 0.717) is 5.15 Å². The summed E-state index contributed by atoms with van der Waals surface area (Å²) in [4.78, 5) is 4.31. The molecule has 130 valence electrons. The number of aromatic amines is 1. The lowest BCUT2D eigenvalue weighted by Crippen LogP contribution is -2.00. The molecule has 6 heteroatoms. The topological polar surface area (TPSA) is 73.8 Å². The minimum absolute atomic E-state index is 0.433. The lowest BCUT2D eigenvalue weighted by Gasteiger charge is -2.15. The summed E-state index contributed by atoms with van der Waals surface area (Å²) >= 11 is 6.34. The van der Waals surface area contributed by atoms with Gasteiger partial charge in [-0.2, -0.15) is 5.10 Å². The first-order valence-corrected chi connectivity index (χ1v) is 8.62. The van der Waals surface area contributed by atoms with Crippen LogP contribution in [0.2, 0.25) is 5.15 Å². The van der Waals surface area contributed by atoms with Crippen LogP contribution in [0.3, 0.4) is 0 Å². The van der Waals surface area contributed by atoms with Crippen LogP contribution in [0.5, 0.6) is 0 Å². The second-order valence-corrected chi connectivity index (χ2v) is 6.48. The Hall–Kier alpha value is -2.89. The molecule has 0 aliphatic rings. The molecule has 1 atom stereocenters. The molecule has 0 amide bonds. The molecule has 4 aromatic rings. The number of aromatic nitrogens is 3. The van der Waals surface area contributed by atoms with E-state index < -0.39 is 6.10 Å². The summed E-state index contributed by atoms with van der Waals surface area (Å²) in [6, 6.07) is 15.6. The molecule has 2 heterocycles. The van der Waals surface area contributed by atoms with Gasteiger partial charge in [-0.05, 0) is 36.8 Å². The Labute approximate surface area is 155 Å². The molecule has 3 N–H and O–H groups in total. The van der Waals surface area contributed by atoms with Gasteiger partial charge in [0.15, 0.2) is 0 Å². The largest absolute Gasteiger partial charge is 0.389 e. The second-order valence-electron chi connectivity index (χ2n) is 6.12. The van der Waals surface area contributed by atoms with Crippen molar-refractivity contribution < 1.29 is 5.11 Å². The number of nitrogens with one attached hydrogen (secondary N) is 2. The summed E-state index contributed by atoms with van der Waals surface area (Å²) in [5, 5.41) is 21.7. The van der Waals surface area contributed by atoms with Gasteiger partial charge in [-0.15, -0.1) is 0 Å². The Morgan fingerprint density at radius 2 is 1.96 bits per heavy atom. The van der Waals surface area contributed by atoms with Crippen LogP contribution < -0.4 is 5.32 Å². The predicted octanol–water partition coefficient (Wildman–Crippen LogP) is 5.08. The van der Waals surface area contributed by atoms with Crippen molar-refractivity contribution in [1.82, 2.24) is 15.2 Å². The average Bonchev–Trinajstić information content (AvgIpc) is 3.11. The maximum Gasteiger partial charge on any atom is 0.136 e. The van der Waals surface area contributed by atoms with Crippen LogP contribution in [0.25, 0.3) is 22.0 Å². The fraction of sp³-hybridized carbons (Fsp3) is 0.100. The van der Waals surface area contributed by atoms with Crippen LogP contribution in [0.15, 0.2) is 60.9 Å². The van der Waals surface area contributed by atoms with E-state index in [1.165, 1.54) is 0 Å². The summed E-state index contributed by atoms with van der Waals surface area (Å²) in [5.74, 6) is 0. The number of nitrogens with zero attached hydrogens (tertiary/aromatic N) is 2. The zero-order chi connectivity index (χ0) is 18.1.